The zero-order valence-electron chi connectivity index (χ0n) is 5.55. The van der Waals surface area contributed by atoms with Gasteiger partial charge in [-0.3, -0.25) is 0 Å². The molecule has 55 valence electrons. The molecule has 4 heteroatoms. The molecule has 9 heavy (non-hydrogen) atoms. The van der Waals surface area contributed by atoms with Gasteiger partial charge in [0.1, 0.15) is 9.84 Å². The molecular formula is C5H12NO2S. The first-order chi connectivity index (χ1) is 4.06. The quantitative estimate of drug-likeness (QED) is 0.547. The Morgan fingerprint density at radius 3 is 2.44 bits per heavy atom. The van der Waals surface area contributed by atoms with Gasteiger partial charge in [0.05, 0.1) is 5.75 Å². The lowest BCUT2D eigenvalue weighted by Crippen LogP contribution is -2.21. The van der Waals surface area contributed by atoms with E-state index in [2.05, 4.69) is 12.2 Å². The van der Waals surface area contributed by atoms with Gasteiger partial charge in [-0.05, 0) is 13.5 Å². The molecule has 0 amide bonds. The van der Waals surface area contributed by atoms with Crippen LogP contribution >= 0.6 is 0 Å². The van der Waals surface area contributed by atoms with Gasteiger partial charge >= 0.3 is 0 Å². The van der Waals surface area contributed by atoms with Gasteiger partial charge in [-0.25, -0.2) is 8.42 Å². The Kier molecular flexibility index (Phi) is 3.81. The highest BCUT2D eigenvalue weighted by atomic mass is 32.2. The van der Waals surface area contributed by atoms with Crippen LogP contribution in [0.4, 0.5) is 0 Å². The number of hydrogen-bond donors (Lipinski definition) is 1. The van der Waals surface area contributed by atoms with Gasteiger partial charge in [-0.2, -0.15) is 0 Å². The summed E-state index contributed by atoms with van der Waals surface area (Å²) in [6.45, 7) is 4.58. The lowest BCUT2D eigenvalue weighted by molar-refractivity contribution is 0.598. The van der Waals surface area contributed by atoms with Crippen molar-refractivity contribution in [2.75, 3.05) is 25.1 Å². The highest BCUT2D eigenvalue weighted by Gasteiger charge is 1.98. The van der Waals surface area contributed by atoms with Crippen LogP contribution in [0, 0.1) is 6.92 Å². The summed E-state index contributed by atoms with van der Waals surface area (Å²) in [5.41, 5.74) is 0. The van der Waals surface area contributed by atoms with Crippen molar-refractivity contribution in [1.82, 2.24) is 5.32 Å². The molecule has 0 aromatic carbocycles. The van der Waals surface area contributed by atoms with Crippen LogP contribution in [-0.4, -0.2) is 33.5 Å². The Bertz CT molecular complexity index is 150. The normalized spacial score (nSPS) is 11.8. The minimum Gasteiger partial charge on any atom is -0.316 e. The molecule has 0 aliphatic heterocycles. The lowest BCUT2D eigenvalue weighted by Gasteiger charge is -1.97. The molecule has 0 rings (SSSR count). The van der Waals surface area contributed by atoms with E-state index in [0.29, 0.717) is 13.1 Å². The molecule has 0 aliphatic rings. The van der Waals surface area contributed by atoms with Crippen LogP contribution in [0.1, 0.15) is 0 Å². The minimum absolute atomic E-state index is 0.197. The van der Waals surface area contributed by atoms with E-state index in [1.54, 1.807) is 0 Å². The fraction of sp³-hybridized carbons (Fsp3) is 0.800. The van der Waals surface area contributed by atoms with Crippen molar-refractivity contribution < 1.29 is 8.42 Å². The Hall–Kier alpha value is -0.0900. The fourth-order valence-corrected chi connectivity index (χ4v) is 0.898. The molecule has 3 nitrogen and oxygen atoms in total. The van der Waals surface area contributed by atoms with Crippen LogP contribution in [0.3, 0.4) is 0 Å². The fourth-order valence-electron chi connectivity index (χ4n) is 0.383. The molecule has 0 spiro atoms. The Balaban J connectivity index is 3.30. The van der Waals surface area contributed by atoms with Crippen molar-refractivity contribution in [3.63, 3.8) is 0 Å². The minimum atomic E-state index is -2.79. The summed E-state index contributed by atoms with van der Waals surface area (Å²) in [6.07, 6.45) is 1.22. The predicted octanol–water partition coefficient (Wildman–Crippen LogP) is -0.545. The summed E-state index contributed by atoms with van der Waals surface area (Å²) in [7, 11) is -2.79. The number of hydrogen-bond acceptors (Lipinski definition) is 3. The van der Waals surface area contributed by atoms with E-state index in [9.17, 15) is 8.42 Å². The van der Waals surface area contributed by atoms with E-state index >= 15 is 0 Å². The molecule has 0 bridgehead atoms. The van der Waals surface area contributed by atoms with E-state index in [1.165, 1.54) is 6.26 Å². The van der Waals surface area contributed by atoms with Gasteiger partial charge in [0, 0.05) is 12.8 Å². The predicted molar refractivity (Wildman–Crippen MR) is 37.9 cm³/mol. The van der Waals surface area contributed by atoms with E-state index in [0.717, 1.165) is 0 Å². The van der Waals surface area contributed by atoms with Gasteiger partial charge in [0.2, 0.25) is 0 Å². The van der Waals surface area contributed by atoms with Crippen molar-refractivity contribution in [2.24, 2.45) is 0 Å². The van der Waals surface area contributed by atoms with Gasteiger partial charge in [0.15, 0.2) is 0 Å². The maximum atomic E-state index is 10.4. The average Bonchev–Trinajstić information content (AvgIpc) is 1.63. The maximum absolute atomic E-state index is 10.4. The summed E-state index contributed by atoms with van der Waals surface area (Å²) < 4.78 is 20.9. The highest BCUT2D eigenvalue weighted by Crippen LogP contribution is 1.77. The average molecular weight is 150 g/mol. The molecule has 0 fully saturated rings. The molecule has 0 aromatic rings. The Labute approximate surface area is 56.4 Å². The summed E-state index contributed by atoms with van der Waals surface area (Å²) in [5, 5.41) is 2.81. The molecule has 0 saturated carbocycles. The van der Waals surface area contributed by atoms with Crippen LogP contribution < -0.4 is 5.32 Å². The topological polar surface area (TPSA) is 46.2 Å². The SMILES string of the molecule is [CH2]CNCCS(C)(=O)=O. The second-order valence-corrected chi connectivity index (χ2v) is 4.14. The molecule has 1 N–H and O–H groups in total. The first-order valence-corrected chi connectivity index (χ1v) is 4.80. The van der Waals surface area contributed by atoms with Crippen LogP contribution in [0.15, 0.2) is 0 Å². The first kappa shape index (κ1) is 8.91. The monoisotopic (exact) mass is 150 g/mol. The zero-order chi connectivity index (χ0) is 7.33. The smallest absolute Gasteiger partial charge is 0.148 e. The first-order valence-electron chi connectivity index (χ1n) is 2.74. The highest BCUT2D eigenvalue weighted by molar-refractivity contribution is 7.90. The second-order valence-electron chi connectivity index (χ2n) is 1.88. The lowest BCUT2D eigenvalue weighted by atomic mass is 10.7. The van der Waals surface area contributed by atoms with Crippen LogP contribution in [0.5, 0.6) is 0 Å². The molecule has 0 saturated heterocycles. The summed E-state index contributed by atoms with van der Waals surface area (Å²) in [6, 6.07) is 0. The van der Waals surface area contributed by atoms with E-state index in [4.69, 9.17) is 0 Å². The molecule has 0 heterocycles. The third-order valence-corrected chi connectivity index (χ3v) is 1.77. The van der Waals surface area contributed by atoms with Gasteiger partial charge in [-0.1, -0.05) is 0 Å². The number of rotatable bonds is 4. The van der Waals surface area contributed by atoms with Crippen molar-refractivity contribution in [2.45, 2.75) is 0 Å². The number of sulfone groups is 1. The Morgan fingerprint density at radius 1 is 1.56 bits per heavy atom. The van der Waals surface area contributed by atoms with Crippen molar-refractivity contribution in [3.8, 4) is 0 Å². The summed E-state index contributed by atoms with van der Waals surface area (Å²) >= 11 is 0. The zero-order valence-corrected chi connectivity index (χ0v) is 6.37. The van der Waals surface area contributed by atoms with Gasteiger partial charge < -0.3 is 5.32 Å². The van der Waals surface area contributed by atoms with E-state index in [1.807, 2.05) is 0 Å². The van der Waals surface area contributed by atoms with Gasteiger partial charge in [0.25, 0.3) is 0 Å². The van der Waals surface area contributed by atoms with Crippen molar-refractivity contribution >= 4 is 9.84 Å². The van der Waals surface area contributed by atoms with E-state index < -0.39 is 9.84 Å². The summed E-state index contributed by atoms with van der Waals surface area (Å²) in [4.78, 5) is 0. The molecule has 1 radical (unpaired) electrons. The third-order valence-electron chi connectivity index (χ3n) is 0.826. The van der Waals surface area contributed by atoms with Crippen molar-refractivity contribution in [3.05, 3.63) is 6.92 Å². The molecule has 0 unspecified atom stereocenters. The molecule has 0 aromatic heterocycles. The van der Waals surface area contributed by atoms with Crippen molar-refractivity contribution in [1.29, 1.82) is 0 Å². The van der Waals surface area contributed by atoms with E-state index in [-0.39, 0.29) is 5.75 Å². The largest absolute Gasteiger partial charge is 0.316 e. The Morgan fingerprint density at radius 2 is 2.11 bits per heavy atom. The summed E-state index contributed by atoms with van der Waals surface area (Å²) in [5.74, 6) is 0.197. The van der Waals surface area contributed by atoms with Crippen LogP contribution in [0.25, 0.3) is 0 Å². The second kappa shape index (κ2) is 3.85. The molecular weight excluding hydrogens is 138 g/mol. The maximum Gasteiger partial charge on any atom is 0.148 e. The third kappa shape index (κ3) is 7.91. The van der Waals surface area contributed by atoms with Crippen LogP contribution in [-0.2, 0) is 9.84 Å². The van der Waals surface area contributed by atoms with Gasteiger partial charge in [-0.15, -0.1) is 0 Å². The number of nitrogens with one attached hydrogen (secondary N) is 1. The standard InChI is InChI=1S/C5H12NO2S/c1-3-6-4-5-9(2,7)8/h6H,1,3-5H2,2H3. The van der Waals surface area contributed by atoms with Crippen LogP contribution in [0.2, 0.25) is 0 Å². The molecule has 0 aliphatic carbocycles. The molecule has 0 atom stereocenters.